The van der Waals surface area contributed by atoms with Crippen LogP contribution in [0.1, 0.15) is 57.4 Å². The largest absolute Gasteiger partial charge is 0.395 e. The topological polar surface area (TPSA) is 144 Å². The summed E-state index contributed by atoms with van der Waals surface area (Å²) in [5.74, 6) is -2.43. The zero-order chi connectivity index (χ0) is 24.2. The molecule has 3 aromatic rings. The minimum absolute atomic E-state index is 0.00283. The van der Waals surface area contributed by atoms with Crippen LogP contribution < -0.4 is 21.7 Å². The maximum Gasteiger partial charge on any atom is 0.273 e. The second-order valence-electron chi connectivity index (χ2n) is 7.96. The van der Waals surface area contributed by atoms with Gasteiger partial charge in [0, 0.05) is 24.1 Å². The normalized spacial score (nSPS) is 14.5. The van der Waals surface area contributed by atoms with Gasteiger partial charge in [0.25, 0.3) is 11.8 Å². The fourth-order valence-corrected chi connectivity index (χ4v) is 4.78. The van der Waals surface area contributed by atoms with E-state index in [1.54, 1.807) is 12.1 Å². The molecule has 2 heterocycles. The van der Waals surface area contributed by atoms with E-state index in [1.165, 1.54) is 41.6 Å². The molecule has 3 amide bonds. The van der Waals surface area contributed by atoms with E-state index < -0.39 is 29.6 Å². The summed E-state index contributed by atoms with van der Waals surface area (Å²) in [5.41, 5.74) is 11.7. The van der Waals surface area contributed by atoms with Crippen LogP contribution in [0.15, 0.2) is 48.8 Å². The molecule has 4 rings (SSSR count). The molecule has 1 unspecified atom stereocenters. The highest BCUT2D eigenvalue weighted by Crippen LogP contribution is 2.33. The summed E-state index contributed by atoms with van der Waals surface area (Å²) < 4.78 is 17.6. The van der Waals surface area contributed by atoms with Gasteiger partial charge < -0.3 is 16.8 Å². The third-order valence-corrected chi connectivity index (χ3v) is 6.56. The highest BCUT2D eigenvalue weighted by Gasteiger charge is 2.37. The van der Waals surface area contributed by atoms with Gasteiger partial charge in [0.05, 0.1) is 5.69 Å². The van der Waals surface area contributed by atoms with Crippen molar-refractivity contribution in [2.24, 2.45) is 5.73 Å². The van der Waals surface area contributed by atoms with Crippen LogP contribution in [0.4, 0.5) is 15.8 Å². The van der Waals surface area contributed by atoms with Gasteiger partial charge >= 0.3 is 0 Å². The molecule has 2 aromatic heterocycles. The lowest BCUT2D eigenvalue weighted by molar-refractivity contribution is -0.123. The monoisotopic (exact) mass is 482 g/mol. The molecule has 9 nitrogen and oxygen atoms in total. The molecule has 0 bridgehead atoms. The molecule has 1 aromatic carbocycles. The highest BCUT2D eigenvalue weighted by atomic mass is 32.1. The number of pyridine rings is 1. The summed E-state index contributed by atoms with van der Waals surface area (Å²) in [5, 5.41) is 3.04. The first-order valence-corrected chi connectivity index (χ1v) is 11.5. The SMILES string of the molecule is NC(=O)c1nsc(C(=O)N(c2ccc(F)cc2)C(C(=O)NC2CCCC2)c2ccncc2)c1N. The molecule has 0 radical (unpaired) electrons. The summed E-state index contributed by atoms with van der Waals surface area (Å²) in [6.45, 7) is 0. The maximum atomic E-state index is 13.8. The van der Waals surface area contributed by atoms with Gasteiger partial charge in [-0.1, -0.05) is 12.8 Å². The number of nitrogens with two attached hydrogens (primary N) is 2. The Labute approximate surface area is 199 Å². The molecule has 0 spiro atoms. The molecule has 0 aliphatic heterocycles. The Morgan fingerprint density at radius 1 is 1.09 bits per heavy atom. The number of amides is 3. The molecule has 0 saturated heterocycles. The first kappa shape index (κ1) is 23.3. The summed E-state index contributed by atoms with van der Waals surface area (Å²) >= 11 is 0.711. The van der Waals surface area contributed by atoms with Gasteiger partial charge in [-0.05, 0) is 66.3 Å². The minimum Gasteiger partial charge on any atom is -0.395 e. The van der Waals surface area contributed by atoms with E-state index in [1.807, 2.05) is 0 Å². The molecular formula is C23H23FN6O3S. The van der Waals surface area contributed by atoms with Gasteiger partial charge in [-0.3, -0.25) is 24.3 Å². The molecular weight excluding hydrogens is 459 g/mol. The van der Waals surface area contributed by atoms with Crippen molar-refractivity contribution in [2.45, 2.75) is 37.8 Å². The fourth-order valence-electron chi connectivity index (χ4n) is 4.04. The summed E-state index contributed by atoms with van der Waals surface area (Å²) in [6.07, 6.45) is 6.76. The van der Waals surface area contributed by atoms with Crippen molar-refractivity contribution in [3.8, 4) is 0 Å². The number of primary amides is 1. The zero-order valence-electron chi connectivity index (χ0n) is 18.1. The van der Waals surface area contributed by atoms with E-state index in [0.717, 1.165) is 25.7 Å². The van der Waals surface area contributed by atoms with E-state index in [9.17, 15) is 18.8 Å². The molecule has 34 heavy (non-hydrogen) atoms. The number of carbonyl (C=O) groups excluding carboxylic acids is 3. The van der Waals surface area contributed by atoms with Crippen LogP contribution in [0, 0.1) is 5.82 Å². The molecule has 176 valence electrons. The predicted octanol–water partition coefficient (Wildman–Crippen LogP) is 2.81. The number of nitrogens with zero attached hydrogens (tertiary/aromatic N) is 3. The molecule has 11 heteroatoms. The Hall–Kier alpha value is -3.86. The molecule has 1 atom stereocenters. The van der Waals surface area contributed by atoms with Crippen molar-refractivity contribution in [3.63, 3.8) is 0 Å². The second kappa shape index (κ2) is 9.96. The second-order valence-corrected chi connectivity index (χ2v) is 8.74. The van der Waals surface area contributed by atoms with Crippen LogP contribution in [0.25, 0.3) is 0 Å². The van der Waals surface area contributed by atoms with Gasteiger partial charge in [0.2, 0.25) is 5.91 Å². The Morgan fingerprint density at radius 3 is 2.32 bits per heavy atom. The van der Waals surface area contributed by atoms with Gasteiger partial charge in [-0.15, -0.1) is 0 Å². The van der Waals surface area contributed by atoms with E-state index in [0.29, 0.717) is 17.1 Å². The Kier molecular flexibility index (Phi) is 6.82. The predicted molar refractivity (Wildman–Crippen MR) is 126 cm³/mol. The highest BCUT2D eigenvalue weighted by molar-refractivity contribution is 7.09. The van der Waals surface area contributed by atoms with Crippen LogP contribution in [0.3, 0.4) is 0 Å². The summed E-state index contributed by atoms with van der Waals surface area (Å²) in [4.78, 5) is 44.2. The Balaban J connectivity index is 1.83. The van der Waals surface area contributed by atoms with Crippen LogP contribution in [0.5, 0.6) is 0 Å². The number of halogens is 1. The van der Waals surface area contributed by atoms with Crippen LogP contribution in [-0.2, 0) is 4.79 Å². The summed E-state index contributed by atoms with van der Waals surface area (Å²) in [6, 6.07) is 7.34. The average molecular weight is 483 g/mol. The van der Waals surface area contributed by atoms with Gasteiger partial charge in [-0.2, -0.15) is 4.37 Å². The number of aromatic nitrogens is 2. The van der Waals surface area contributed by atoms with Crippen LogP contribution >= 0.6 is 11.5 Å². The first-order chi connectivity index (χ1) is 16.4. The number of rotatable bonds is 7. The lowest BCUT2D eigenvalue weighted by Crippen LogP contribution is -2.46. The van der Waals surface area contributed by atoms with E-state index in [4.69, 9.17) is 11.5 Å². The number of nitrogen functional groups attached to an aromatic ring is 1. The van der Waals surface area contributed by atoms with Gasteiger partial charge in [0.1, 0.15) is 16.7 Å². The third kappa shape index (κ3) is 4.74. The number of anilines is 2. The lowest BCUT2D eigenvalue weighted by Gasteiger charge is -2.32. The number of nitrogens with one attached hydrogen (secondary N) is 1. The number of hydrogen-bond donors (Lipinski definition) is 3. The van der Waals surface area contributed by atoms with Crippen LogP contribution in [0.2, 0.25) is 0 Å². The molecule has 1 saturated carbocycles. The molecule has 5 N–H and O–H groups in total. The van der Waals surface area contributed by atoms with E-state index >= 15 is 0 Å². The quantitative estimate of drug-likeness (QED) is 0.472. The lowest BCUT2D eigenvalue weighted by atomic mass is 10.0. The zero-order valence-corrected chi connectivity index (χ0v) is 18.9. The van der Waals surface area contributed by atoms with Crippen LogP contribution in [-0.4, -0.2) is 33.1 Å². The Morgan fingerprint density at radius 2 is 1.74 bits per heavy atom. The number of carbonyl (C=O) groups is 3. The van der Waals surface area contributed by atoms with Crippen molar-refractivity contribution < 1.29 is 18.8 Å². The number of hydrogen-bond acceptors (Lipinski definition) is 7. The fraction of sp³-hybridized carbons (Fsp3) is 0.261. The van der Waals surface area contributed by atoms with Crippen molar-refractivity contribution in [3.05, 3.63) is 70.7 Å². The standard InChI is InChI=1S/C23H23FN6O3S/c24-14-5-7-16(8-6-14)30(23(33)20-17(25)18(21(26)31)29-34-20)19(13-9-11-27-12-10-13)22(32)28-15-3-1-2-4-15/h5-12,15,19H,1-4,25H2,(H2,26,31)(H,28,32). The summed E-state index contributed by atoms with van der Waals surface area (Å²) in [7, 11) is 0. The average Bonchev–Trinajstić information content (AvgIpc) is 3.47. The van der Waals surface area contributed by atoms with E-state index in [2.05, 4.69) is 14.7 Å². The van der Waals surface area contributed by atoms with Crippen molar-refractivity contribution in [1.29, 1.82) is 0 Å². The maximum absolute atomic E-state index is 13.8. The van der Waals surface area contributed by atoms with Crippen molar-refractivity contribution in [2.75, 3.05) is 10.6 Å². The first-order valence-electron chi connectivity index (χ1n) is 10.7. The molecule has 1 aliphatic carbocycles. The van der Waals surface area contributed by atoms with Gasteiger partial charge in [-0.25, -0.2) is 4.39 Å². The smallest absolute Gasteiger partial charge is 0.273 e. The van der Waals surface area contributed by atoms with E-state index in [-0.39, 0.29) is 28.0 Å². The van der Waals surface area contributed by atoms with Gasteiger partial charge in [0.15, 0.2) is 5.69 Å². The molecule has 1 fully saturated rings. The van der Waals surface area contributed by atoms with Crippen molar-refractivity contribution >= 4 is 40.6 Å². The number of benzene rings is 1. The Bertz CT molecular complexity index is 1200. The molecule has 1 aliphatic rings. The van der Waals surface area contributed by atoms with Crippen molar-refractivity contribution in [1.82, 2.24) is 14.7 Å². The minimum atomic E-state index is -1.11. The third-order valence-electron chi connectivity index (χ3n) is 5.71.